The largest absolute Gasteiger partial charge is 0.481 e. The lowest BCUT2D eigenvalue weighted by Crippen LogP contribution is -2.37. The number of likely N-dealkylation sites (tertiary alicyclic amines) is 1. The molecule has 1 aliphatic heterocycles. The van der Waals surface area contributed by atoms with E-state index >= 15 is 0 Å². The van der Waals surface area contributed by atoms with Crippen LogP contribution in [0.5, 0.6) is 0 Å². The SMILES string of the molecule is O=C(Cc1ccccc1Br)N1C[C@@H]2CCC[C@@]2(C(=O)O)C1. The Bertz CT molecular complexity index is 589. The predicted molar refractivity (Wildman–Crippen MR) is 81.8 cm³/mol. The van der Waals surface area contributed by atoms with Crippen LogP contribution in [0.1, 0.15) is 24.8 Å². The topological polar surface area (TPSA) is 57.6 Å². The second-order valence-electron chi connectivity index (χ2n) is 6.09. The van der Waals surface area contributed by atoms with Crippen LogP contribution in [0.25, 0.3) is 0 Å². The standard InChI is InChI=1S/C16H18BrNO3/c17-13-6-2-1-4-11(13)8-14(19)18-9-12-5-3-7-16(12,10-18)15(20)21/h1-2,4,6,12H,3,5,7-10H2,(H,20,21)/t12-,16+/m0/s1. The quantitative estimate of drug-likeness (QED) is 0.910. The highest BCUT2D eigenvalue weighted by molar-refractivity contribution is 9.10. The Kier molecular flexibility index (Phi) is 3.78. The van der Waals surface area contributed by atoms with Crippen LogP contribution < -0.4 is 0 Å². The van der Waals surface area contributed by atoms with Gasteiger partial charge in [-0.1, -0.05) is 40.5 Å². The molecule has 112 valence electrons. The molecule has 1 N–H and O–H groups in total. The summed E-state index contributed by atoms with van der Waals surface area (Å²) in [7, 11) is 0. The number of hydrogen-bond donors (Lipinski definition) is 1. The summed E-state index contributed by atoms with van der Waals surface area (Å²) in [5, 5.41) is 9.56. The molecule has 2 aliphatic rings. The van der Waals surface area contributed by atoms with Gasteiger partial charge < -0.3 is 10.0 Å². The van der Waals surface area contributed by atoms with E-state index in [1.165, 1.54) is 0 Å². The minimum Gasteiger partial charge on any atom is -0.481 e. The molecule has 1 heterocycles. The van der Waals surface area contributed by atoms with E-state index in [-0.39, 0.29) is 11.8 Å². The molecule has 0 unspecified atom stereocenters. The molecule has 1 aromatic carbocycles. The summed E-state index contributed by atoms with van der Waals surface area (Å²) in [4.78, 5) is 25.9. The zero-order chi connectivity index (χ0) is 15.0. The van der Waals surface area contributed by atoms with Crippen molar-refractivity contribution in [2.75, 3.05) is 13.1 Å². The molecule has 3 rings (SSSR count). The minimum atomic E-state index is -0.735. The summed E-state index contributed by atoms with van der Waals surface area (Å²) >= 11 is 3.45. The molecule has 0 spiro atoms. The Morgan fingerprint density at radius 3 is 2.81 bits per heavy atom. The van der Waals surface area contributed by atoms with Gasteiger partial charge in [0, 0.05) is 17.6 Å². The number of carboxylic acids is 1. The highest BCUT2D eigenvalue weighted by Gasteiger charge is 2.55. The lowest BCUT2D eigenvalue weighted by atomic mass is 9.81. The summed E-state index contributed by atoms with van der Waals surface area (Å²) in [6, 6.07) is 7.66. The lowest BCUT2D eigenvalue weighted by molar-refractivity contribution is -0.149. The smallest absolute Gasteiger partial charge is 0.311 e. The highest BCUT2D eigenvalue weighted by atomic mass is 79.9. The number of rotatable bonds is 3. The number of amides is 1. The maximum Gasteiger partial charge on any atom is 0.311 e. The van der Waals surface area contributed by atoms with Crippen molar-refractivity contribution in [3.63, 3.8) is 0 Å². The Labute approximate surface area is 132 Å². The fraction of sp³-hybridized carbons (Fsp3) is 0.500. The molecule has 2 fully saturated rings. The van der Waals surface area contributed by atoms with Crippen molar-refractivity contribution in [3.05, 3.63) is 34.3 Å². The molecule has 0 radical (unpaired) electrons. The molecule has 21 heavy (non-hydrogen) atoms. The third-order valence-electron chi connectivity index (χ3n) is 4.95. The first kappa shape index (κ1) is 14.6. The van der Waals surface area contributed by atoms with Crippen molar-refractivity contribution >= 4 is 27.8 Å². The van der Waals surface area contributed by atoms with Crippen molar-refractivity contribution < 1.29 is 14.7 Å². The van der Waals surface area contributed by atoms with Gasteiger partial charge in [-0.3, -0.25) is 9.59 Å². The van der Waals surface area contributed by atoms with Gasteiger partial charge in [0.05, 0.1) is 11.8 Å². The minimum absolute atomic E-state index is 0.0249. The predicted octanol–water partition coefficient (Wildman–Crippen LogP) is 2.70. The van der Waals surface area contributed by atoms with Crippen molar-refractivity contribution in [2.45, 2.75) is 25.7 Å². The molecule has 0 bridgehead atoms. The lowest BCUT2D eigenvalue weighted by Gasteiger charge is -2.23. The number of carbonyl (C=O) groups excluding carboxylic acids is 1. The number of carboxylic acid groups (broad SMARTS) is 1. The summed E-state index contributed by atoms with van der Waals surface area (Å²) < 4.78 is 0.922. The maximum atomic E-state index is 12.5. The molecule has 5 heteroatoms. The van der Waals surface area contributed by atoms with Gasteiger partial charge in [-0.2, -0.15) is 0 Å². The number of benzene rings is 1. The number of aliphatic carboxylic acids is 1. The van der Waals surface area contributed by atoms with Crippen LogP contribution in [0.4, 0.5) is 0 Å². The Morgan fingerprint density at radius 2 is 2.14 bits per heavy atom. The van der Waals surface area contributed by atoms with Crippen molar-refractivity contribution in [2.24, 2.45) is 11.3 Å². The van der Waals surface area contributed by atoms with Gasteiger partial charge in [-0.15, -0.1) is 0 Å². The van der Waals surface area contributed by atoms with Crippen LogP contribution >= 0.6 is 15.9 Å². The van der Waals surface area contributed by atoms with E-state index in [1.54, 1.807) is 4.90 Å². The molecule has 1 aromatic rings. The molecule has 1 amide bonds. The molecule has 2 atom stereocenters. The van der Waals surface area contributed by atoms with E-state index in [0.717, 1.165) is 22.9 Å². The first-order valence-electron chi connectivity index (χ1n) is 7.27. The van der Waals surface area contributed by atoms with Crippen molar-refractivity contribution in [1.82, 2.24) is 4.90 Å². The van der Waals surface area contributed by atoms with Gasteiger partial charge in [-0.05, 0) is 30.4 Å². The fourth-order valence-electron chi connectivity index (χ4n) is 3.75. The van der Waals surface area contributed by atoms with E-state index in [9.17, 15) is 14.7 Å². The summed E-state index contributed by atoms with van der Waals surface area (Å²) in [6.07, 6.45) is 2.91. The number of halogens is 1. The first-order valence-corrected chi connectivity index (χ1v) is 8.07. The van der Waals surface area contributed by atoms with Gasteiger partial charge in [0.2, 0.25) is 5.91 Å². The van der Waals surface area contributed by atoms with Crippen LogP contribution in [0.2, 0.25) is 0 Å². The second-order valence-corrected chi connectivity index (χ2v) is 6.95. The van der Waals surface area contributed by atoms with Gasteiger partial charge >= 0.3 is 5.97 Å². The zero-order valence-corrected chi connectivity index (χ0v) is 13.3. The molecule has 1 aliphatic carbocycles. The second kappa shape index (κ2) is 5.44. The van der Waals surface area contributed by atoms with Gasteiger partial charge in [0.25, 0.3) is 0 Å². The van der Waals surface area contributed by atoms with Crippen LogP contribution in [-0.2, 0) is 16.0 Å². The van der Waals surface area contributed by atoms with Gasteiger partial charge in [0.1, 0.15) is 0 Å². The average molecular weight is 352 g/mol. The van der Waals surface area contributed by atoms with Crippen LogP contribution in [0, 0.1) is 11.3 Å². The number of fused-ring (bicyclic) bond motifs is 1. The summed E-state index contributed by atoms with van der Waals surface area (Å²) in [5.41, 5.74) is 0.257. The third kappa shape index (κ3) is 2.48. The maximum absolute atomic E-state index is 12.5. The van der Waals surface area contributed by atoms with Crippen LogP contribution in [0.15, 0.2) is 28.7 Å². The molecule has 4 nitrogen and oxygen atoms in total. The van der Waals surface area contributed by atoms with Gasteiger partial charge in [0.15, 0.2) is 0 Å². The number of nitrogens with zero attached hydrogens (tertiary/aromatic N) is 1. The van der Waals surface area contributed by atoms with E-state index in [4.69, 9.17) is 0 Å². The third-order valence-corrected chi connectivity index (χ3v) is 5.72. The number of carbonyl (C=O) groups is 2. The van der Waals surface area contributed by atoms with Crippen LogP contribution in [-0.4, -0.2) is 35.0 Å². The molecule has 1 saturated heterocycles. The molecule has 1 saturated carbocycles. The van der Waals surface area contributed by atoms with Crippen molar-refractivity contribution in [1.29, 1.82) is 0 Å². The molecular weight excluding hydrogens is 334 g/mol. The van der Waals surface area contributed by atoms with Gasteiger partial charge in [-0.25, -0.2) is 0 Å². The summed E-state index contributed by atoms with van der Waals surface area (Å²) in [5.74, 6) is -0.587. The number of hydrogen-bond acceptors (Lipinski definition) is 2. The molecule has 0 aromatic heterocycles. The monoisotopic (exact) mass is 351 g/mol. The van der Waals surface area contributed by atoms with E-state index in [2.05, 4.69) is 15.9 Å². The van der Waals surface area contributed by atoms with Crippen molar-refractivity contribution in [3.8, 4) is 0 Å². The average Bonchev–Trinajstić information content (AvgIpc) is 2.99. The van der Waals surface area contributed by atoms with E-state index in [0.29, 0.717) is 25.9 Å². The highest BCUT2D eigenvalue weighted by Crippen LogP contribution is 2.48. The first-order chi connectivity index (χ1) is 10.0. The fourth-order valence-corrected chi connectivity index (χ4v) is 4.17. The Balaban J connectivity index is 1.73. The Morgan fingerprint density at radius 1 is 1.38 bits per heavy atom. The summed E-state index contributed by atoms with van der Waals surface area (Å²) in [6.45, 7) is 0.964. The molecular formula is C16H18BrNO3. The van der Waals surface area contributed by atoms with Crippen LogP contribution in [0.3, 0.4) is 0 Å². The zero-order valence-electron chi connectivity index (χ0n) is 11.7. The van der Waals surface area contributed by atoms with E-state index < -0.39 is 11.4 Å². The van der Waals surface area contributed by atoms with E-state index in [1.807, 2.05) is 24.3 Å². The Hall–Kier alpha value is -1.36. The normalized spacial score (nSPS) is 27.7.